The lowest BCUT2D eigenvalue weighted by atomic mass is 9.90. The molecule has 0 fully saturated rings. The molecule has 2 N–H and O–H groups in total. The second-order valence-electron chi connectivity index (χ2n) is 6.02. The molecule has 0 aromatic heterocycles. The van der Waals surface area contributed by atoms with E-state index in [1.54, 1.807) is 13.2 Å². The molecule has 0 aliphatic carbocycles. The van der Waals surface area contributed by atoms with Gasteiger partial charge in [0.05, 0.1) is 6.54 Å². The quantitative estimate of drug-likeness (QED) is 0.775. The number of nitrogens with one attached hydrogen (secondary N) is 2. The largest absolute Gasteiger partial charge is 0.385 e. The molecule has 1 amide bonds. The number of hydrogen-bond acceptors (Lipinski definition) is 3. The molecular weight excluding hydrogens is 288 g/mol. The number of amides is 1. The molecule has 0 unspecified atom stereocenters. The lowest BCUT2D eigenvalue weighted by molar-refractivity contribution is -0.115. The third kappa shape index (κ3) is 6.93. The van der Waals surface area contributed by atoms with Crippen LogP contribution in [0.15, 0.2) is 18.2 Å². The smallest absolute Gasteiger partial charge is 0.238 e. The number of carbonyl (C=O) groups excluding carboxylic acids is 1. The molecule has 1 rings (SSSR count). The molecule has 0 radical (unpaired) electrons. The zero-order valence-corrected chi connectivity index (χ0v) is 14.0. The summed E-state index contributed by atoms with van der Waals surface area (Å²) in [7, 11) is 1.70. The van der Waals surface area contributed by atoms with Crippen LogP contribution in [-0.4, -0.2) is 32.7 Å². The zero-order chi connectivity index (χ0) is 15.9. The summed E-state index contributed by atoms with van der Waals surface area (Å²) in [6, 6.07) is 5.46. The van der Waals surface area contributed by atoms with Crippen molar-refractivity contribution in [2.24, 2.45) is 5.41 Å². The molecule has 1 aromatic carbocycles. The van der Waals surface area contributed by atoms with Gasteiger partial charge in [0, 0.05) is 31.0 Å². The van der Waals surface area contributed by atoms with Gasteiger partial charge in [-0.05, 0) is 36.5 Å². The Bertz CT molecular complexity index is 475. The Morgan fingerprint density at radius 1 is 1.38 bits per heavy atom. The molecule has 0 atom stereocenters. The fraction of sp³-hybridized carbons (Fsp3) is 0.562. The maximum Gasteiger partial charge on any atom is 0.238 e. The van der Waals surface area contributed by atoms with Crippen LogP contribution in [0.4, 0.5) is 5.69 Å². The van der Waals surface area contributed by atoms with E-state index >= 15 is 0 Å². The normalized spacial score (nSPS) is 11.5. The molecule has 0 aliphatic rings. The van der Waals surface area contributed by atoms with Crippen LogP contribution in [0.5, 0.6) is 0 Å². The lowest BCUT2D eigenvalue weighted by Gasteiger charge is -2.24. The Kier molecular flexibility index (Phi) is 7.15. The maximum absolute atomic E-state index is 11.9. The predicted molar refractivity (Wildman–Crippen MR) is 88.0 cm³/mol. The van der Waals surface area contributed by atoms with Crippen LogP contribution in [-0.2, 0) is 9.53 Å². The van der Waals surface area contributed by atoms with E-state index in [0.717, 1.165) is 30.8 Å². The van der Waals surface area contributed by atoms with Crippen LogP contribution in [0.25, 0.3) is 0 Å². The van der Waals surface area contributed by atoms with E-state index in [9.17, 15) is 4.79 Å². The van der Waals surface area contributed by atoms with Gasteiger partial charge in [0.1, 0.15) is 0 Å². The van der Waals surface area contributed by atoms with Crippen LogP contribution in [0.1, 0.15) is 25.8 Å². The molecular formula is C16H25ClN2O2. The summed E-state index contributed by atoms with van der Waals surface area (Å²) in [4.78, 5) is 11.9. The Balaban J connectivity index is 2.39. The standard InChI is InChI=1S/C16H25ClN2O2/c1-12-5-6-13(17)9-14(12)19-15(20)10-18-11-16(2,3)7-8-21-4/h5-6,9,18H,7-8,10-11H2,1-4H3,(H,19,20). The molecule has 4 nitrogen and oxygen atoms in total. The van der Waals surface area contributed by atoms with Crippen molar-refractivity contribution in [3.8, 4) is 0 Å². The topological polar surface area (TPSA) is 50.4 Å². The third-order valence-electron chi connectivity index (χ3n) is 3.35. The van der Waals surface area contributed by atoms with Gasteiger partial charge in [0.2, 0.25) is 5.91 Å². The summed E-state index contributed by atoms with van der Waals surface area (Å²) in [6.45, 7) is 8.01. The van der Waals surface area contributed by atoms with E-state index in [1.165, 1.54) is 0 Å². The van der Waals surface area contributed by atoms with Crippen molar-refractivity contribution >= 4 is 23.2 Å². The third-order valence-corrected chi connectivity index (χ3v) is 3.58. The summed E-state index contributed by atoms with van der Waals surface area (Å²) >= 11 is 5.93. The van der Waals surface area contributed by atoms with Gasteiger partial charge in [-0.15, -0.1) is 0 Å². The minimum atomic E-state index is -0.0668. The number of aryl methyl sites for hydroxylation is 1. The van der Waals surface area contributed by atoms with Gasteiger partial charge < -0.3 is 15.4 Å². The lowest BCUT2D eigenvalue weighted by Crippen LogP contribution is -2.35. The number of ether oxygens (including phenoxy) is 1. The first-order chi connectivity index (χ1) is 9.84. The molecule has 0 aliphatic heterocycles. The molecule has 21 heavy (non-hydrogen) atoms. The molecule has 0 heterocycles. The number of methoxy groups -OCH3 is 1. The Labute approximate surface area is 132 Å². The van der Waals surface area contributed by atoms with Crippen molar-refractivity contribution in [3.05, 3.63) is 28.8 Å². The number of rotatable bonds is 8. The average Bonchev–Trinajstić information content (AvgIpc) is 2.40. The SMILES string of the molecule is COCCC(C)(C)CNCC(=O)Nc1cc(Cl)ccc1C. The highest BCUT2D eigenvalue weighted by Gasteiger charge is 2.17. The van der Waals surface area contributed by atoms with Crippen molar-refractivity contribution in [1.82, 2.24) is 5.32 Å². The van der Waals surface area contributed by atoms with E-state index in [1.807, 2.05) is 19.1 Å². The molecule has 0 spiro atoms. The second kappa shape index (κ2) is 8.37. The van der Waals surface area contributed by atoms with Crippen molar-refractivity contribution in [1.29, 1.82) is 0 Å². The predicted octanol–water partition coefficient (Wildman–Crippen LogP) is 3.24. The highest BCUT2D eigenvalue weighted by atomic mass is 35.5. The van der Waals surface area contributed by atoms with Gasteiger partial charge in [-0.3, -0.25) is 4.79 Å². The zero-order valence-electron chi connectivity index (χ0n) is 13.3. The van der Waals surface area contributed by atoms with Gasteiger partial charge in [0.15, 0.2) is 0 Å². The number of hydrogen-bond donors (Lipinski definition) is 2. The first-order valence-electron chi connectivity index (χ1n) is 7.10. The Hall–Kier alpha value is -1.10. The van der Waals surface area contributed by atoms with Crippen LogP contribution in [0.2, 0.25) is 5.02 Å². The number of anilines is 1. The molecule has 0 saturated heterocycles. The number of benzene rings is 1. The number of carbonyl (C=O) groups is 1. The highest BCUT2D eigenvalue weighted by molar-refractivity contribution is 6.31. The minimum absolute atomic E-state index is 0.0668. The average molecular weight is 313 g/mol. The maximum atomic E-state index is 11.9. The summed E-state index contributed by atoms with van der Waals surface area (Å²) < 4.78 is 5.09. The van der Waals surface area contributed by atoms with Crippen LogP contribution >= 0.6 is 11.6 Å². The van der Waals surface area contributed by atoms with E-state index in [4.69, 9.17) is 16.3 Å². The number of halogens is 1. The molecule has 0 bridgehead atoms. The summed E-state index contributed by atoms with van der Waals surface area (Å²) in [5.74, 6) is -0.0668. The van der Waals surface area contributed by atoms with Crippen molar-refractivity contribution < 1.29 is 9.53 Å². The highest BCUT2D eigenvalue weighted by Crippen LogP contribution is 2.20. The van der Waals surface area contributed by atoms with Crippen LogP contribution in [0, 0.1) is 12.3 Å². The van der Waals surface area contributed by atoms with E-state index in [2.05, 4.69) is 24.5 Å². The van der Waals surface area contributed by atoms with E-state index in [0.29, 0.717) is 5.02 Å². The van der Waals surface area contributed by atoms with Crippen molar-refractivity contribution in [3.63, 3.8) is 0 Å². The summed E-state index contributed by atoms with van der Waals surface area (Å²) in [5.41, 5.74) is 1.85. The van der Waals surface area contributed by atoms with Gasteiger partial charge in [-0.2, -0.15) is 0 Å². The monoisotopic (exact) mass is 312 g/mol. The Morgan fingerprint density at radius 2 is 2.10 bits per heavy atom. The molecule has 0 saturated carbocycles. The van der Waals surface area contributed by atoms with Crippen molar-refractivity contribution in [2.45, 2.75) is 27.2 Å². The minimum Gasteiger partial charge on any atom is -0.385 e. The van der Waals surface area contributed by atoms with Crippen LogP contribution < -0.4 is 10.6 Å². The van der Waals surface area contributed by atoms with E-state index in [-0.39, 0.29) is 17.9 Å². The summed E-state index contributed by atoms with van der Waals surface area (Å²) in [5, 5.41) is 6.67. The first kappa shape index (κ1) is 18.0. The van der Waals surface area contributed by atoms with Gasteiger partial charge in [-0.1, -0.05) is 31.5 Å². The van der Waals surface area contributed by atoms with Crippen LogP contribution in [0.3, 0.4) is 0 Å². The van der Waals surface area contributed by atoms with E-state index < -0.39 is 0 Å². The van der Waals surface area contributed by atoms with Gasteiger partial charge in [0.25, 0.3) is 0 Å². The molecule has 118 valence electrons. The van der Waals surface area contributed by atoms with Gasteiger partial charge in [-0.25, -0.2) is 0 Å². The first-order valence-corrected chi connectivity index (χ1v) is 7.47. The fourth-order valence-electron chi connectivity index (χ4n) is 1.90. The van der Waals surface area contributed by atoms with Crippen molar-refractivity contribution in [2.75, 3.05) is 32.1 Å². The molecule has 1 aromatic rings. The molecule has 5 heteroatoms. The van der Waals surface area contributed by atoms with Gasteiger partial charge >= 0.3 is 0 Å². The fourth-order valence-corrected chi connectivity index (χ4v) is 2.08. The summed E-state index contributed by atoms with van der Waals surface area (Å²) in [6.07, 6.45) is 0.950. The second-order valence-corrected chi connectivity index (χ2v) is 6.45. The Morgan fingerprint density at radius 3 is 2.76 bits per heavy atom.